The molecule has 1 aromatic heterocycles. The van der Waals surface area contributed by atoms with Crippen molar-refractivity contribution in [2.24, 2.45) is 0 Å². The minimum absolute atomic E-state index is 0.0167. The molecule has 6 nitrogen and oxygen atoms in total. The molecule has 0 bridgehead atoms. The number of benzene rings is 1. The number of rotatable bonds is 9. The molecule has 0 aliphatic rings. The molecule has 1 aromatic carbocycles. The normalized spacial score (nSPS) is 10.5. The summed E-state index contributed by atoms with van der Waals surface area (Å²) in [7, 11) is 0. The maximum atomic E-state index is 12.7. The smallest absolute Gasteiger partial charge is 0.254 e. The van der Waals surface area contributed by atoms with Crippen molar-refractivity contribution in [1.82, 2.24) is 10.1 Å². The van der Waals surface area contributed by atoms with Crippen LogP contribution >= 0.6 is 0 Å². The quantitative estimate of drug-likeness (QED) is 0.756. The number of hydrogen-bond donors (Lipinski definition) is 1. The fourth-order valence-electron chi connectivity index (χ4n) is 2.53. The second-order valence-electron chi connectivity index (χ2n) is 5.96. The summed E-state index contributed by atoms with van der Waals surface area (Å²) in [5.41, 5.74) is 1.83. The van der Waals surface area contributed by atoms with E-state index in [2.05, 4.69) is 21.9 Å². The molecule has 6 heteroatoms. The highest BCUT2D eigenvalue weighted by atomic mass is 16.5. The van der Waals surface area contributed by atoms with Crippen LogP contribution in [0.2, 0.25) is 0 Å². The van der Waals surface area contributed by atoms with Gasteiger partial charge in [-0.1, -0.05) is 37.6 Å². The Morgan fingerprint density at radius 1 is 1.12 bits per heavy atom. The van der Waals surface area contributed by atoms with Crippen LogP contribution in [0.25, 0.3) is 0 Å². The van der Waals surface area contributed by atoms with Crippen molar-refractivity contribution in [3.8, 4) is 0 Å². The minimum atomic E-state index is -0.296. The Bertz CT molecular complexity index is 666. The average Bonchev–Trinajstić information content (AvgIpc) is 3.12. The van der Waals surface area contributed by atoms with E-state index in [9.17, 15) is 9.59 Å². The molecule has 134 valence electrons. The lowest BCUT2D eigenvalue weighted by atomic mass is 10.1. The summed E-state index contributed by atoms with van der Waals surface area (Å²) in [5, 5.41) is 6.25. The summed E-state index contributed by atoms with van der Waals surface area (Å²) in [6, 6.07) is 9.21. The molecule has 2 aromatic rings. The Kier molecular flexibility index (Phi) is 7.19. The van der Waals surface area contributed by atoms with Gasteiger partial charge in [-0.3, -0.25) is 9.59 Å². The molecule has 0 unspecified atom stereocenters. The van der Waals surface area contributed by atoms with Gasteiger partial charge in [0.25, 0.3) is 5.91 Å². The molecular formula is C19H25N3O3. The number of hydrogen-bond acceptors (Lipinski definition) is 4. The Balaban J connectivity index is 2.00. The van der Waals surface area contributed by atoms with Crippen LogP contribution in [0.4, 0.5) is 5.82 Å². The van der Waals surface area contributed by atoms with Gasteiger partial charge in [-0.25, -0.2) is 0 Å². The third-order valence-electron chi connectivity index (χ3n) is 3.84. The third-order valence-corrected chi connectivity index (χ3v) is 3.84. The number of amides is 2. The van der Waals surface area contributed by atoms with Gasteiger partial charge in [0.1, 0.15) is 12.8 Å². The van der Waals surface area contributed by atoms with E-state index in [0.717, 1.165) is 25.7 Å². The van der Waals surface area contributed by atoms with E-state index in [4.69, 9.17) is 0 Å². The molecule has 0 radical (unpaired) electrons. The Labute approximate surface area is 148 Å². The molecule has 25 heavy (non-hydrogen) atoms. The molecular weight excluding hydrogens is 318 g/mol. The van der Waals surface area contributed by atoms with Crippen LogP contribution in [0, 0.1) is 0 Å². The van der Waals surface area contributed by atoms with Crippen molar-refractivity contribution in [3.63, 3.8) is 0 Å². The monoisotopic (exact) mass is 343 g/mol. The summed E-state index contributed by atoms with van der Waals surface area (Å²) in [5.74, 6) is -0.0939. The van der Waals surface area contributed by atoms with E-state index in [-0.39, 0.29) is 18.4 Å². The molecule has 0 atom stereocenters. The van der Waals surface area contributed by atoms with Crippen LogP contribution in [0.15, 0.2) is 41.1 Å². The Morgan fingerprint density at radius 2 is 1.88 bits per heavy atom. The van der Waals surface area contributed by atoms with Gasteiger partial charge in [0.2, 0.25) is 5.91 Å². The predicted molar refractivity (Wildman–Crippen MR) is 96.4 cm³/mol. The molecule has 0 saturated carbocycles. The fourth-order valence-corrected chi connectivity index (χ4v) is 2.53. The molecule has 1 heterocycles. The molecule has 1 N–H and O–H groups in total. The van der Waals surface area contributed by atoms with Crippen LogP contribution < -0.4 is 5.32 Å². The molecule has 2 rings (SSSR count). The summed E-state index contributed by atoms with van der Waals surface area (Å²) >= 11 is 0. The number of carbonyl (C=O) groups is 2. The van der Waals surface area contributed by atoms with Gasteiger partial charge < -0.3 is 14.7 Å². The van der Waals surface area contributed by atoms with Crippen molar-refractivity contribution < 1.29 is 14.1 Å². The summed E-state index contributed by atoms with van der Waals surface area (Å²) in [6.07, 6.45) is 5.45. The number of nitrogens with zero attached hydrogens (tertiary/aromatic N) is 2. The van der Waals surface area contributed by atoms with Crippen molar-refractivity contribution in [2.75, 3.05) is 18.4 Å². The molecule has 0 aliphatic carbocycles. The van der Waals surface area contributed by atoms with E-state index in [1.54, 1.807) is 11.0 Å². The summed E-state index contributed by atoms with van der Waals surface area (Å²) in [4.78, 5) is 26.4. The Morgan fingerprint density at radius 3 is 2.48 bits per heavy atom. The second kappa shape index (κ2) is 9.61. The van der Waals surface area contributed by atoms with E-state index >= 15 is 0 Å². The van der Waals surface area contributed by atoms with Gasteiger partial charge in [0, 0.05) is 18.2 Å². The van der Waals surface area contributed by atoms with Crippen LogP contribution in [0.3, 0.4) is 0 Å². The minimum Gasteiger partial charge on any atom is -0.363 e. The number of anilines is 1. The average molecular weight is 343 g/mol. The summed E-state index contributed by atoms with van der Waals surface area (Å²) in [6.45, 7) is 4.63. The zero-order valence-corrected chi connectivity index (χ0v) is 14.8. The number of aromatic nitrogens is 1. The lowest BCUT2D eigenvalue weighted by molar-refractivity contribution is -0.116. The second-order valence-corrected chi connectivity index (χ2v) is 5.96. The van der Waals surface area contributed by atoms with E-state index in [1.807, 2.05) is 31.2 Å². The van der Waals surface area contributed by atoms with Crippen molar-refractivity contribution in [1.29, 1.82) is 0 Å². The van der Waals surface area contributed by atoms with E-state index < -0.39 is 0 Å². The highest BCUT2D eigenvalue weighted by Gasteiger charge is 2.18. The van der Waals surface area contributed by atoms with Crippen LogP contribution in [-0.2, 0) is 11.2 Å². The van der Waals surface area contributed by atoms with Gasteiger partial charge in [0.05, 0.1) is 0 Å². The van der Waals surface area contributed by atoms with Gasteiger partial charge in [-0.15, -0.1) is 0 Å². The van der Waals surface area contributed by atoms with Crippen LogP contribution in [0.5, 0.6) is 0 Å². The maximum Gasteiger partial charge on any atom is 0.254 e. The predicted octanol–water partition coefficient (Wildman–Crippen LogP) is 3.51. The van der Waals surface area contributed by atoms with E-state index in [0.29, 0.717) is 17.9 Å². The SMILES string of the molecule is CCCCc1ccc(C(=O)N(CCC)CC(=O)Nc2ccon2)cc1. The first-order chi connectivity index (χ1) is 12.1. The Hall–Kier alpha value is -2.63. The van der Waals surface area contributed by atoms with Crippen molar-refractivity contribution in [3.05, 3.63) is 47.7 Å². The lowest BCUT2D eigenvalue weighted by Crippen LogP contribution is -2.38. The molecule has 0 fully saturated rings. The number of unbranched alkanes of at least 4 members (excludes halogenated alkanes) is 1. The zero-order chi connectivity index (χ0) is 18.1. The summed E-state index contributed by atoms with van der Waals surface area (Å²) < 4.78 is 4.68. The van der Waals surface area contributed by atoms with Crippen LogP contribution in [-0.4, -0.2) is 35.0 Å². The van der Waals surface area contributed by atoms with Crippen LogP contribution in [0.1, 0.15) is 49.0 Å². The first-order valence-corrected chi connectivity index (χ1v) is 8.72. The number of aryl methyl sites for hydroxylation is 1. The first-order valence-electron chi connectivity index (χ1n) is 8.72. The highest BCUT2D eigenvalue weighted by molar-refractivity contribution is 5.99. The lowest BCUT2D eigenvalue weighted by Gasteiger charge is -2.21. The van der Waals surface area contributed by atoms with Gasteiger partial charge in [-0.2, -0.15) is 0 Å². The standard InChI is InChI=1S/C19H25N3O3/c1-3-5-6-15-7-9-16(10-8-15)19(24)22(12-4-2)14-18(23)20-17-11-13-25-21-17/h7-11,13H,3-6,12,14H2,1-2H3,(H,20,21,23). The van der Waals surface area contributed by atoms with Gasteiger partial charge in [-0.05, 0) is 37.0 Å². The number of nitrogens with one attached hydrogen (secondary N) is 1. The van der Waals surface area contributed by atoms with Gasteiger partial charge in [0.15, 0.2) is 5.82 Å². The molecule has 2 amide bonds. The molecule has 0 spiro atoms. The molecule has 0 saturated heterocycles. The maximum absolute atomic E-state index is 12.7. The fraction of sp³-hybridized carbons (Fsp3) is 0.421. The van der Waals surface area contributed by atoms with Gasteiger partial charge >= 0.3 is 0 Å². The van der Waals surface area contributed by atoms with E-state index in [1.165, 1.54) is 11.8 Å². The zero-order valence-electron chi connectivity index (χ0n) is 14.8. The third kappa shape index (κ3) is 5.74. The first kappa shape index (κ1) is 18.7. The highest BCUT2D eigenvalue weighted by Crippen LogP contribution is 2.11. The topological polar surface area (TPSA) is 75.4 Å². The molecule has 0 aliphatic heterocycles. The van der Waals surface area contributed by atoms with Crippen molar-refractivity contribution in [2.45, 2.75) is 39.5 Å². The number of carbonyl (C=O) groups excluding carboxylic acids is 2. The van der Waals surface area contributed by atoms with Crippen molar-refractivity contribution >= 4 is 17.6 Å². The largest absolute Gasteiger partial charge is 0.363 e.